The van der Waals surface area contributed by atoms with E-state index in [2.05, 4.69) is 62.8 Å². The number of nitrogens with zero attached hydrogens (tertiary/aromatic N) is 1. The summed E-state index contributed by atoms with van der Waals surface area (Å²) in [6.45, 7) is 10.2. The van der Waals surface area contributed by atoms with E-state index in [1.54, 1.807) is 0 Å². The van der Waals surface area contributed by atoms with Crippen molar-refractivity contribution in [1.82, 2.24) is 5.32 Å². The predicted octanol–water partition coefficient (Wildman–Crippen LogP) is 3.31. The molecule has 1 N–H and O–H groups in total. The van der Waals surface area contributed by atoms with Gasteiger partial charge in [-0.1, -0.05) is 43.8 Å². The minimum Gasteiger partial charge on any atom is -0.313 e. The molecule has 2 heteroatoms. The molecule has 0 spiro atoms. The Balaban J connectivity index is 2.17. The molecule has 0 bridgehead atoms. The Morgan fingerprint density at radius 2 is 2.10 bits per heavy atom. The van der Waals surface area contributed by atoms with E-state index in [9.17, 15) is 0 Å². The number of rotatable bonds is 4. The molecule has 1 aromatic carbocycles. The van der Waals surface area contributed by atoms with Crippen LogP contribution in [0.25, 0.3) is 0 Å². The number of hydrogen-bond donors (Lipinski definition) is 1. The van der Waals surface area contributed by atoms with Crippen molar-refractivity contribution in [3.05, 3.63) is 60.7 Å². The van der Waals surface area contributed by atoms with Crippen LogP contribution in [0, 0.1) is 5.92 Å². The number of allylic oxidation sites excluding steroid dienone is 1. The summed E-state index contributed by atoms with van der Waals surface area (Å²) in [6, 6.07) is 8.90. The quantitative estimate of drug-likeness (QED) is 0.831. The highest BCUT2D eigenvalue weighted by atomic mass is 15.1. The van der Waals surface area contributed by atoms with Gasteiger partial charge in [-0.05, 0) is 25.1 Å². The minimum atomic E-state index is 0.0821. The van der Waals surface area contributed by atoms with Crippen LogP contribution in [0.2, 0.25) is 0 Å². The van der Waals surface area contributed by atoms with Gasteiger partial charge in [-0.3, -0.25) is 4.99 Å². The maximum atomic E-state index is 4.94. The molecular formula is C18H22N2. The molecule has 1 aromatic rings. The molecule has 20 heavy (non-hydrogen) atoms. The summed E-state index contributed by atoms with van der Waals surface area (Å²) in [5.74, 6) is 0.811. The van der Waals surface area contributed by atoms with Gasteiger partial charge in [0.25, 0.3) is 0 Å². The smallest absolute Gasteiger partial charge is 0.0674 e. The first-order valence-corrected chi connectivity index (χ1v) is 7.34. The van der Waals surface area contributed by atoms with E-state index >= 15 is 0 Å². The highest BCUT2D eigenvalue weighted by Gasteiger charge is 2.61. The number of likely N-dealkylation sites (N-methyl/N-ethyl adjacent to an activating group) is 1. The Morgan fingerprint density at radius 3 is 2.70 bits per heavy atom. The van der Waals surface area contributed by atoms with Gasteiger partial charge in [0.2, 0.25) is 0 Å². The molecule has 3 rings (SSSR count). The van der Waals surface area contributed by atoms with Crippen molar-refractivity contribution in [2.75, 3.05) is 7.05 Å². The van der Waals surface area contributed by atoms with Gasteiger partial charge in [-0.2, -0.15) is 0 Å². The molecule has 0 radical (unpaired) electrons. The first-order valence-electron chi connectivity index (χ1n) is 7.34. The molecule has 0 aromatic heterocycles. The fourth-order valence-corrected chi connectivity index (χ4v) is 4.22. The summed E-state index contributed by atoms with van der Waals surface area (Å²) in [4.78, 5) is 4.94. The summed E-state index contributed by atoms with van der Waals surface area (Å²) in [5.41, 5.74) is 3.74. The standard InChI is InChI=1S/C18H22N2/c1-5-14-17-16(18(14,7-3)19-4)13-11-9-8-10-12(13)15(6-2)20-17/h5-6,8-11,14,16-17,19H,1-2,7H2,3-4H3. The monoisotopic (exact) mass is 266 g/mol. The van der Waals surface area contributed by atoms with Gasteiger partial charge in [0.15, 0.2) is 0 Å². The highest BCUT2D eigenvalue weighted by Crippen LogP contribution is 2.56. The average Bonchev–Trinajstić information content (AvgIpc) is 2.49. The van der Waals surface area contributed by atoms with E-state index in [0.717, 1.165) is 12.1 Å². The molecule has 1 aliphatic heterocycles. The largest absolute Gasteiger partial charge is 0.313 e. The van der Waals surface area contributed by atoms with Gasteiger partial charge in [0.1, 0.15) is 0 Å². The second-order valence-electron chi connectivity index (χ2n) is 5.68. The van der Waals surface area contributed by atoms with Gasteiger partial charge in [0.05, 0.1) is 11.8 Å². The average molecular weight is 266 g/mol. The summed E-state index contributed by atoms with van der Waals surface area (Å²) in [7, 11) is 2.06. The maximum Gasteiger partial charge on any atom is 0.0674 e. The van der Waals surface area contributed by atoms with Crippen LogP contribution in [0.5, 0.6) is 0 Å². The van der Waals surface area contributed by atoms with Crippen molar-refractivity contribution < 1.29 is 0 Å². The third kappa shape index (κ3) is 1.46. The molecule has 4 atom stereocenters. The van der Waals surface area contributed by atoms with Crippen molar-refractivity contribution in [2.45, 2.75) is 30.8 Å². The number of nitrogens with one attached hydrogen (secondary N) is 1. The number of benzene rings is 1. The second-order valence-corrected chi connectivity index (χ2v) is 5.68. The Bertz CT molecular complexity index is 581. The topological polar surface area (TPSA) is 24.4 Å². The van der Waals surface area contributed by atoms with Crippen LogP contribution in [0.4, 0.5) is 0 Å². The second kappa shape index (κ2) is 4.71. The van der Waals surface area contributed by atoms with Crippen LogP contribution < -0.4 is 5.32 Å². The number of hydrogen-bond acceptors (Lipinski definition) is 2. The number of fused-ring (bicyclic) bond motifs is 3. The fourth-order valence-electron chi connectivity index (χ4n) is 4.22. The summed E-state index contributed by atoms with van der Waals surface area (Å²) in [5, 5.41) is 3.57. The molecule has 1 saturated carbocycles. The third-order valence-corrected chi connectivity index (χ3v) is 5.22. The zero-order chi connectivity index (χ0) is 14.3. The summed E-state index contributed by atoms with van der Waals surface area (Å²) in [6.07, 6.45) is 5.02. The molecule has 1 fully saturated rings. The van der Waals surface area contributed by atoms with E-state index < -0.39 is 0 Å². The summed E-state index contributed by atoms with van der Waals surface area (Å²) >= 11 is 0. The Hall–Kier alpha value is -1.67. The normalized spacial score (nSPS) is 34.3. The lowest BCUT2D eigenvalue weighted by molar-refractivity contribution is 0.0544. The Labute approximate surface area is 121 Å². The first-order chi connectivity index (χ1) is 9.73. The third-order valence-electron chi connectivity index (χ3n) is 5.22. The SMILES string of the molecule is C=CC1=NC2C(C=C)C(CC)(NC)C2c2ccccc21. The zero-order valence-electron chi connectivity index (χ0n) is 12.3. The van der Waals surface area contributed by atoms with E-state index in [-0.39, 0.29) is 5.54 Å². The number of aliphatic imine (C=N–C) groups is 1. The van der Waals surface area contributed by atoms with Gasteiger partial charge < -0.3 is 5.32 Å². The van der Waals surface area contributed by atoms with Crippen molar-refractivity contribution in [2.24, 2.45) is 10.9 Å². The lowest BCUT2D eigenvalue weighted by Crippen LogP contribution is -2.69. The van der Waals surface area contributed by atoms with Crippen molar-refractivity contribution in [3.8, 4) is 0 Å². The molecular weight excluding hydrogens is 244 g/mol. The molecule has 104 valence electrons. The molecule has 0 saturated heterocycles. The predicted molar refractivity (Wildman–Crippen MR) is 85.5 cm³/mol. The van der Waals surface area contributed by atoms with Crippen molar-refractivity contribution in [3.63, 3.8) is 0 Å². The fraction of sp³-hybridized carbons (Fsp3) is 0.389. The molecule has 1 aliphatic carbocycles. The van der Waals surface area contributed by atoms with Crippen molar-refractivity contribution in [1.29, 1.82) is 0 Å². The van der Waals surface area contributed by atoms with Gasteiger partial charge in [0, 0.05) is 22.9 Å². The van der Waals surface area contributed by atoms with Crippen LogP contribution >= 0.6 is 0 Å². The molecule has 2 aliphatic rings. The molecule has 4 unspecified atom stereocenters. The maximum absolute atomic E-state index is 4.94. The van der Waals surface area contributed by atoms with Gasteiger partial charge >= 0.3 is 0 Å². The van der Waals surface area contributed by atoms with E-state index in [4.69, 9.17) is 4.99 Å². The minimum absolute atomic E-state index is 0.0821. The first kappa shape index (κ1) is 13.3. The van der Waals surface area contributed by atoms with Crippen LogP contribution in [0.15, 0.2) is 54.6 Å². The van der Waals surface area contributed by atoms with E-state index in [1.165, 1.54) is 11.1 Å². The Kier molecular flexibility index (Phi) is 3.14. The Morgan fingerprint density at radius 1 is 1.35 bits per heavy atom. The van der Waals surface area contributed by atoms with Crippen LogP contribution in [-0.2, 0) is 0 Å². The van der Waals surface area contributed by atoms with Crippen LogP contribution in [0.3, 0.4) is 0 Å². The van der Waals surface area contributed by atoms with E-state index in [0.29, 0.717) is 17.9 Å². The van der Waals surface area contributed by atoms with Crippen LogP contribution in [-0.4, -0.2) is 24.3 Å². The molecule has 1 heterocycles. The molecule has 0 amide bonds. The van der Waals surface area contributed by atoms with Gasteiger partial charge in [-0.25, -0.2) is 0 Å². The molecule has 2 nitrogen and oxygen atoms in total. The zero-order valence-corrected chi connectivity index (χ0v) is 12.3. The lowest BCUT2D eigenvalue weighted by Gasteiger charge is -2.61. The lowest BCUT2D eigenvalue weighted by atomic mass is 9.50. The van der Waals surface area contributed by atoms with Crippen molar-refractivity contribution >= 4 is 5.71 Å². The van der Waals surface area contributed by atoms with Crippen LogP contribution in [0.1, 0.15) is 30.4 Å². The summed E-state index contributed by atoms with van der Waals surface area (Å²) < 4.78 is 0. The van der Waals surface area contributed by atoms with Gasteiger partial charge in [-0.15, -0.1) is 6.58 Å². The highest BCUT2D eigenvalue weighted by molar-refractivity contribution is 6.10. The van der Waals surface area contributed by atoms with E-state index in [1.807, 2.05) is 6.08 Å².